The minimum absolute atomic E-state index is 0.187. The number of benzene rings is 5. The van der Waals surface area contributed by atoms with Crippen molar-refractivity contribution < 1.29 is 18.7 Å². The van der Waals surface area contributed by atoms with Gasteiger partial charge in [0.2, 0.25) is 5.91 Å². The Bertz CT molecular complexity index is 2110. The smallest absolute Gasteiger partial charge is 0.410 e. The van der Waals surface area contributed by atoms with Crippen LogP contribution in [0.2, 0.25) is 0 Å². The number of nitrogens with one attached hydrogen (secondary N) is 1. The Morgan fingerprint density at radius 2 is 1.37 bits per heavy atom. The van der Waals surface area contributed by atoms with Crippen LogP contribution < -0.4 is 5.32 Å². The number of thioether (sulfide) groups is 1. The SMILES string of the molecule is CS[C@@]1(C(=O)Nc2ccc3c(c2)c(-c2ccc(F)cc2)nn3C(c2ccccc2)(c2ccccc2)c2ccccc2)CCN(C(=O)OC(C)(C)C)C1. The maximum atomic E-state index is 14.3. The van der Waals surface area contributed by atoms with E-state index in [0.717, 1.165) is 33.2 Å². The lowest BCUT2D eigenvalue weighted by molar-refractivity contribution is -0.118. The summed E-state index contributed by atoms with van der Waals surface area (Å²) in [6.07, 6.45) is 1.97. The van der Waals surface area contributed by atoms with Gasteiger partial charge in [-0.25, -0.2) is 13.9 Å². The van der Waals surface area contributed by atoms with E-state index in [-0.39, 0.29) is 18.3 Å². The van der Waals surface area contributed by atoms with E-state index in [4.69, 9.17) is 9.84 Å². The highest BCUT2D eigenvalue weighted by Gasteiger charge is 2.47. The van der Waals surface area contributed by atoms with Crippen LogP contribution in [0.5, 0.6) is 0 Å². The fraction of sp³-hybridized carbons (Fsp3) is 0.233. The van der Waals surface area contributed by atoms with Gasteiger partial charge in [-0.05, 0) is 92.6 Å². The topological polar surface area (TPSA) is 76.5 Å². The third-order valence-electron chi connectivity index (χ3n) is 9.64. The molecule has 0 spiro atoms. The zero-order valence-corrected chi connectivity index (χ0v) is 30.5. The number of carbonyl (C=O) groups excluding carboxylic acids is 2. The van der Waals surface area contributed by atoms with E-state index in [9.17, 15) is 14.0 Å². The lowest BCUT2D eigenvalue weighted by Gasteiger charge is -2.37. The molecule has 1 saturated heterocycles. The number of amides is 2. The van der Waals surface area contributed by atoms with Gasteiger partial charge in [0.1, 0.15) is 27.4 Å². The van der Waals surface area contributed by atoms with Gasteiger partial charge in [0, 0.05) is 29.7 Å². The fourth-order valence-corrected chi connectivity index (χ4v) is 7.95. The molecule has 7 nitrogen and oxygen atoms in total. The summed E-state index contributed by atoms with van der Waals surface area (Å²) in [5.41, 5.74) is 4.30. The van der Waals surface area contributed by atoms with Gasteiger partial charge < -0.3 is 15.0 Å². The average Bonchev–Trinajstić information content (AvgIpc) is 3.77. The summed E-state index contributed by atoms with van der Waals surface area (Å²) in [7, 11) is 0. The van der Waals surface area contributed by atoms with Crippen LogP contribution in [0.15, 0.2) is 133 Å². The predicted octanol–water partition coefficient (Wildman–Crippen LogP) is 9.36. The third-order valence-corrected chi connectivity index (χ3v) is 10.9. The molecule has 0 unspecified atom stereocenters. The van der Waals surface area contributed by atoms with Gasteiger partial charge in [0.15, 0.2) is 0 Å². The highest BCUT2D eigenvalue weighted by atomic mass is 32.2. The molecule has 6 aromatic rings. The first kappa shape index (κ1) is 35.0. The molecule has 1 aliphatic rings. The van der Waals surface area contributed by atoms with Gasteiger partial charge in [-0.3, -0.25) is 4.79 Å². The Labute approximate surface area is 307 Å². The molecule has 2 heterocycles. The monoisotopic (exact) mass is 712 g/mol. The van der Waals surface area contributed by atoms with Crippen molar-refractivity contribution in [3.05, 3.63) is 156 Å². The normalized spacial score (nSPS) is 16.2. The fourth-order valence-electron chi connectivity index (χ4n) is 7.13. The zero-order chi connectivity index (χ0) is 36.5. The van der Waals surface area contributed by atoms with Crippen molar-refractivity contribution in [2.75, 3.05) is 24.7 Å². The lowest BCUT2D eigenvalue weighted by Crippen LogP contribution is -2.44. The first-order valence-electron chi connectivity index (χ1n) is 17.3. The van der Waals surface area contributed by atoms with Crippen molar-refractivity contribution in [3.63, 3.8) is 0 Å². The van der Waals surface area contributed by atoms with Crippen LogP contribution >= 0.6 is 11.8 Å². The molecule has 0 radical (unpaired) electrons. The van der Waals surface area contributed by atoms with Gasteiger partial charge in [0.25, 0.3) is 0 Å². The van der Waals surface area contributed by atoms with Crippen molar-refractivity contribution >= 4 is 40.4 Å². The second kappa shape index (κ2) is 14.0. The molecule has 9 heteroatoms. The molecule has 1 fully saturated rings. The standard InChI is InChI=1S/C43H41FN4O3S/c1-41(2,3)51-40(50)47-27-26-42(29-47,52-4)39(49)45-35-24-25-37-36(28-35)38(30-20-22-34(44)23-21-30)46-48(37)43(31-14-8-5-9-15-31,32-16-10-6-11-17-32)33-18-12-7-13-19-33/h5-25,28H,26-27,29H2,1-4H3,(H,45,49)/t42-/m0/s1. The van der Waals surface area contributed by atoms with Crippen LogP contribution in [0.3, 0.4) is 0 Å². The number of nitrogens with zero attached hydrogens (tertiary/aromatic N) is 3. The van der Waals surface area contributed by atoms with Crippen molar-refractivity contribution in [2.45, 2.75) is 43.1 Å². The summed E-state index contributed by atoms with van der Waals surface area (Å²) in [6.45, 7) is 6.15. The Morgan fingerprint density at radius 1 is 0.808 bits per heavy atom. The lowest BCUT2D eigenvalue weighted by atomic mass is 9.77. The van der Waals surface area contributed by atoms with E-state index >= 15 is 0 Å². The number of hydrogen-bond acceptors (Lipinski definition) is 5. The molecular weight excluding hydrogens is 672 g/mol. The molecule has 1 aromatic heterocycles. The summed E-state index contributed by atoms with van der Waals surface area (Å²) in [6, 6.07) is 43.0. The summed E-state index contributed by atoms with van der Waals surface area (Å²) in [4.78, 5) is 28.6. The molecule has 52 heavy (non-hydrogen) atoms. The maximum absolute atomic E-state index is 14.3. The minimum Gasteiger partial charge on any atom is -0.444 e. The number of hydrogen-bond donors (Lipinski definition) is 1. The number of rotatable bonds is 8. The van der Waals surface area contributed by atoms with Crippen molar-refractivity contribution in [1.82, 2.24) is 14.7 Å². The van der Waals surface area contributed by atoms with Crippen molar-refractivity contribution in [2.24, 2.45) is 0 Å². The van der Waals surface area contributed by atoms with Crippen LogP contribution in [0.25, 0.3) is 22.2 Å². The zero-order valence-electron chi connectivity index (χ0n) is 29.7. The summed E-state index contributed by atoms with van der Waals surface area (Å²) < 4.78 is 21.1. The van der Waals surface area contributed by atoms with Crippen LogP contribution in [0.4, 0.5) is 14.9 Å². The summed E-state index contributed by atoms with van der Waals surface area (Å²) >= 11 is 1.44. The Hall–Kier alpha value is -5.41. The number of carbonyl (C=O) groups is 2. The van der Waals surface area contributed by atoms with Crippen LogP contribution in [0.1, 0.15) is 43.9 Å². The van der Waals surface area contributed by atoms with E-state index in [1.807, 2.05) is 99.8 Å². The second-order valence-corrected chi connectivity index (χ2v) is 15.3. The number of aromatic nitrogens is 2. The number of likely N-dealkylation sites (tertiary alicyclic amines) is 1. The first-order chi connectivity index (χ1) is 25.0. The van der Waals surface area contributed by atoms with E-state index in [0.29, 0.717) is 24.3 Å². The summed E-state index contributed by atoms with van der Waals surface area (Å²) in [5, 5.41) is 9.36. The van der Waals surface area contributed by atoms with Gasteiger partial charge in [-0.1, -0.05) is 91.0 Å². The number of halogens is 1. The Balaban J connectivity index is 1.38. The first-order valence-corrected chi connectivity index (χ1v) is 18.6. The molecule has 1 atom stereocenters. The largest absolute Gasteiger partial charge is 0.444 e. The minimum atomic E-state index is -0.900. The van der Waals surface area contributed by atoms with Crippen molar-refractivity contribution in [3.8, 4) is 11.3 Å². The van der Waals surface area contributed by atoms with Gasteiger partial charge >= 0.3 is 6.09 Å². The molecule has 7 rings (SSSR count). The highest BCUT2D eigenvalue weighted by molar-refractivity contribution is 8.00. The van der Waals surface area contributed by atoms with Gasteiger partial charge in [0.05, 0.1) is 5.52 Å². The second-order valence-electron chi connectivity index (χ2n) is 14.1. The van der Waals surface area contributed by atoms with Crippen LogP contribution in [-0.4, -0.2) is 56.4 Å². The van der Waals surface area contributed by atoms with Crippen LogP contribution in [0, 0.1) is 5.82 Å². The molecule has 264 valence electrons. The number of fused-ring (bicyclic) bond motifs is 1. The van der Waals surface area contributed by atoms with E-state index in [1.54, 1.807) is 17.0 Å². The molecule has 0 saturated carbocycles. The molecule has 1 aliphatic heterocycles. The number of ether oxygens (including phenoxy) is 1. The molecule has 5 aromatic carbocycles. The third kappa shape index (κ3) is 6.45. The molecule has 0 aliphatic carbocycles. The molecule has 1 N–H and O–H groups in total. The molecule has 2 amide bonds. The van der Waals surface area contributed by atoms with Crippen molar-refractivity contribution in [1.29, 1.82) is 0 Å². The van der Waals surface area contributed by atoms with Gasteiger partial charge in [-0.2, -0.15) is 5.10 Å². The molecule has 0 bridgehead atoms. The summed E-state index contributed by atoms with van der Waals surface area (Å²) in [5.74, 6) is -0.527. The van der Waals surface area contributed by atoms with Crippen LogP contribution in [-0.2, 0) is 15.1 Å². The highest BCUT2D eigenvalue weighted by Crippen LogP contribution is 2.44. The van der Waals surface area contributed by atoms with E-state index in [2.05, 4.69) is 46.4 Å². The Kier molecular flexibility index (Phi) is 9.40. The van der Waals surface area contributed by atoms with E-state index in [1.165, 1.54) is 23.9 Å². The quantitative estimate of drug-likeness (QED) is 0.159. The predicted molar refractivity (Wildman–Crippen MR) is 207 cm³/mol. The van der Waals surface area contributed by atoms with E-state index < -0.39 is 22.0 Å². The van der Waals surface area contributed by atoms with Gasteiger partial charge in [-0.15, -0.1) is 11.8 Å². The Morgan fingerprint density at radius 3 is 1.88 bits per heavy atom. The number of anilines is 1. The average molecular weight is 713 g/mol. The molecular formula is C43H41FN4O3S. The maximum Gasteiger partial charge on any atom is 0.410 e.